The van der Waals surface area contributed by atoms with Gasteiger partial charge in [0, 0.05) is 51.5 Å². The molecule has 0 aliphatic carbocycles. The van der Waals surface area contributed by atoms with Crippen LogP contribution in [0.5, 0.6) is 11.5 Å². The highest BCUT2D eigenvalue weighted by Gasteiger charge is 2.33. The third kappa shape index (κ3) is 4.37. The van der Waals surface area contributed by atoms with Crippen molar-refractivity contribution in [2.45, 2.75) is 37.7 Å². The van der Waals surface area contributed by atoms with E-state index in [-0.39, 0.29) is 17.9 Å². The SMILES string of the molecule is COc1cccc(OC)c1-c1cnc(N(C)C)nc1C1CCN(C(=O)[C@H]2CCCO2)CC1. The molecule has 1 amide bonds. The first-order chi connectivity index (χ1) is 15.5. The number of nitrogens with zero attached hydrogens (tertiary/aromatic N) is 4. The van der Waals surface area contributed by atoms with Crippen LogP contribution in [0, 0.1) is 0 Å². The van der Waals surface area contributed by atoms with Gasteiger partial charge in [0.25, 0.3) is 5.91 Å². The van der Waals surface area contributed by atoms with Crippen LogP contribution in [0.1, 0.15) is 37.3 Å². The Morgan fingerprint density at radius 2 is 1.81 bits per heavy atom. The minimum atomic E-state index is -0.264. The summed E-state index contributed by atoms with van der Waals surface area (Å²) in [4.78, 5) is 26.2. The summed E-state index contributed by atoms with van der Waals surface area (Å²) in [5, 5.41) is 0. The third-order valence-corrected chi connectivity index (χ3v) is 6.30. The molecule has 8 nitrogen and oxygen atoms in total. The van der Waals surface area contributed by atoms with Crippen LogP contribution in [0.25, 0.3) is 11.1 Å². The smallest absolute Gasteiger partial charge is 0.251 e. The fourth-order valence-electron chi connectivity index (χ4n) is 4.57. The van der Waals surface area contributed by atoms with Crippen LogP contribution in [0.2, 0.25) is 0 Å². The number of anilines is 1. The van der Waals surface area contributed by atoms with E-state index in [1.54, 1.807) is 14.2 Å². The lowest BCUT2D eigenvalue weighted by Crippen LogP contribution is -2.43. The third-order valence-electron chi connectivity index (χ3n) is 6.30. The highest BCUT2D eigenvalue weighted by molar-refractivity contribution is 5.81. The van der Waals surface area contributed by atoms with Crippen molar-refractivity contribution in [2.24, 2.45) is 0 Å². The standard InChI is InChI=1S/C24H32N4O4/c1-27(2)24-25-15-17(21-18(30-3)7-5-8-19(21)31-4)22(26-24)16-10-12-28(13-11-16)23(29)20-9-6-14-32-20/h5,7-8,15-16,20H,6,9-14H2,1-4H3/t20-/m1/s1. The fourth-order valence-corrected chi connectivity index (χ4v) is 4.57. The summed E-state index contributed by atoms with van der Waals surface area (Å²) in [6.45, 7) is 2.09. The monoisotopic (exact) mass is 440 g/mol. The van der Waals surface area contributed by atoms with Gasteiger partial charge >= 0.3 is 0 Å². The number of ether oxygens (including phenoxy) is 3. The Kier molecular flexibility index (Phi) is 6.79. The van der Waals surface area contributed by atoms with Gasteiger partial charge in [-0.3, -0.25) is 4.79 Å². The van der Waals surface area contributed by atoms with E-state index in [1.807, 2.05) is 48.3 Å². The van der Waals surface area contributed by atoms with Gasteiger partial charge in [0.05, 0.1) is 25.5 Å². The zero-order valence-corrected chi connectivity index (χ0v) is 19.3. The maximum atomic E-state index is 12.8. The van der Waals surface area contributed by atoms with Crippen LogP contribution in [-0.2, 0) is 9.53 Å². The van der Waals surface area contributed by atoms with E-state index >= 15 is 0 Å². The average Bonchev–Trinajstić information content (AvgIpc) is 3.37. The number of amides is 1. The van der Waals surface area contributed by atoms with E-state index in [1.165, 1.54) is 0 Å². The summed E-state index contributed by atoms with van der Waals surface area (Å²) in [6.07, 6.45) is 5.07. The first kappa shape index (κ1) is 22.3. The normalized spacial score (nSPS) is 19.1. The maximum absolute atomic E-state index is 12.8. The molecule has 172 valence electrons. The Morgan fingerprint density at radius 3 is 2.38 bits per heavy atom. The molecule has 0 spiro atoms. The Morgan fingerprint density at radius 1 is 1.12 bits per heavy atom. The van der Waals surface area contributed by atoms with Crippen LogP contribution < -0.4 is 14.4 Å². The number of benzene rings is 1. The zero-order valence-electron chi connectivity index (χ0n) is 19.3. The molecule has 0 radical (unpaired) electrons. The van der Waals surface area contributed by atoms with Gasteiger partial charge in [-0.15, -0.1) is 0 Å². The predicted octanol–water partition coefficient (Wildman–Crippen LogP) is 3.11. The van der Waals surface area contributed by atoms with E-state index in [9.17, 15) is 4.79 Å². The number of aromatic nitrogens is 2. The first-order valence-corrected chi connectivity index (χ1v) is 11.2. The highest BCUT2D eigenvalue weighted by Crippen LogP contribution is 2.43. The summed E-state index contributed by atoms with van der Waals surface area (Å²) < 4.78 is 16.9. The lowest BCUT2D eigenvalue weighted by Gasteiger charge is -2.34. The fraction of sp³-hybridized carbons (Fsp3) is 0.542. The van der Waals surface area contributed by atoms with Crippen molar-refractivity contribution < 1.29 is 19.0 Å². The van der Waals surface area contributed by atoms with Gasteiger partial charge in [0.1, 0.15) is 17.6 Å². The van der Waals surface area contributed by atoms with Gasteiger partial charge in [0.2, 0.25) is 5.95 Å². The van der Waals surface area contributed by atoms with E-state index < -0.39 is 0 Å². The van der Waals surface area contributed by atoms with E-state index in [0.29, 0.717) is 25.6 Å². The van der Waals surface area contributed by atoms with Crippen molar-refractivity contribution in [3.63, 3.8) is 0 Å². The average molecular weight is 441 g/mol. The lowest BCUT2D eigenvalue weighted by molar-refractivity contribution is -0.142. The van der Waals surface area contributed by atoms with Crippen LogP contribution >= 0.6 is 0 Å². The van der Waals surface area contributed by atoms with E-state index in [2.05, 4.69) is 4.98 Å². The molecule has 0 unspecified atom stereocenters. The number of rotatable bonds is 6. The minimum Gasteiger partial charge on any atom is -0.496 e. The van der Waals surface area contributed by atoms with Gasteiger partial charge in [0.15, 0.2) is 0 Å². The molecule has 8 heteroatoms. The van der Waals surface area contributed by atoms with Crippen molar-refractivity contribution in [1.29, 1.82) is 0 Å². The van der Waals surface area contributed by atoms with E-state index in [0.717, 1.165) is 54.0 Å². The molecule has 2 fully saturated rings. The Bertz CT molecular complexity index is 929. The van der Waals surface area contributed by atoms with Crippen LogP contribution in [-0.4, -0.2) is 74.9 Å². The largest absolute Gasteiger partial charge is 0.496 e. The quantitative estimate of drug-likeness (QED) is 0.683. The summed E-state index contributed by atoms with van der Waals surface area (Å²) in [7, 11) is 7.18. The Hall–Kier alpha value is -2.87. The van der Waals surface area contributed by atoms with Gasteiger partial charge in [-0.25, -0.2) is 9.97 Å². The van der Waals surface area contributed by atoms with Crippen LogP contribution in [0.15, 0.2) is 24.4 Å². The molecular formula is C24H32N4O4. The molecule has 3 heterocycles. The molecule has 0 N–H and O–H groups in total. The zero-order chi connectivity index (χ0) is 22.7. The second-order valence-electron chi connectivity index (χ2n) is 8.50. The van der Waals surface area contributed by atoms with Crippen LogP contribution in [0.4, 0.5) is 5.95 Å². The van der Waals surface area contributed by atoms with Crippen molar-refractivity contribution in [2.75, 3.05) is 52.9 Å². The van der Waals surface area contributed by atoms with Gasteiger partial charge < -0.3 is 24.0 Å². The molecular weight excluding hydrogens is 408 g/mol. The van der Waals surface area contributed by atoms with E-state index in [4.69, 9.17) is 19.2 Å². The predicted molar refractivity (Wildman–Crippen MR) is 122 cm³/mol. The molecule has 1 atom stereocenters. The number of carbonyl (C=O) groups is 1. The minimum absolute atomic E-state index is 0.129. The van der Waals surface area contributed by atoms with Crippen molar-refractivity contribution in [3.8, 4) is 22.6 Å². The van der Waals surface area contributed by atoms with Crippen LogP contribution in [0.3, 0.4) is 0 Å². The summed E-state index contributed by atoms with van der Waals surface area (Å²) in [6, 6.07) is 5.75. The molecule has 2 saturated heterocycles. The molecule has 0 bridgehead atoms. The molecule has 1 aromatic heterocycles. The number of likely N-dealkylation sites (tertiary alicyclic amines) is 1. The topological polar surface area (TPSA) is 77.0 Å². The molecule has 2 aliphatic rings. The number of piperidine rings is 1. The molecule has 2 aliphatic heterocycles. The van der Waals surface area contributed by atoms with Crippen molar-refractivity contribution >= 4 is 11.9 Å². The van der Waals surface area contributed by atoms with Gasteiger partial charge in [-0.2, -0.15) is 0 Å². The number of hydrogen-bond donors (Lipinski definition) is 0. The maximum Gasteiger partial charge on any atom is 0.251 e. The summed E-state index contributed by atoms with van der Waals surface area (Å²) >= 11 is 0. The number of methoxy groups -OCH3 is 2. The molecule has 4 rings (SSSR count). The van der Waals surface area contributed by atoms with Crippen molar-refractivity contribution in [1.82, 2.24) is 14.9 Å². The Balaban J connectivity index is 1.65. The summed E-state index contributed by atoms with van der Waals surface area (Å²) in [5.41, 5.74) is 2.74. The molecule has 0 saturated carbocycles. The number of carbonyl (C=O) groups excluding carboxylic acids is 1. The van der Waals surface area contributed by atoms with Gasteiger partial charge in [-0.05, 0) is 37.8 Å². The number of hydrogen-bond acceptors (Lipinski definition) is 7. The summed E-state index contributed by atoms with van der Waals surface area (Å²) in [5.74, 6) is 2.44. The second kappa shape index (κ2) is 9.73. The first-order valence-electron chi connectivity index (χ1n) is 11.2. The highest BCUT2D eigenvalue weighted by atomic mass is 16.5. The molecule has 2 aromatic rings. The lowest BCUT2D eigenvalue weighted by atomic mass is 9.88. The second-order valence-corrected chi connectivity index (χ2v) is 8.50. The molecule has 32 heavy (non-hydrogen) atoms. The Labute approximate surface area is 189 Å². The van der Waals surface area contributed by atoms with Gasteiger partial charge in [-0.1, -0.05) is 6.07 Å². The molecule has 1 aromatic carbocycles. The van der Waals surface area contributed by atoms with Crippen molar-refractivity contribution in [3.05, 3.63) is 30.1 Å².